The number of hydrogen-bond acceptors (Lipinski definition) is 2. The summed E-state index contributed by atoms with van der Waals surface area (Å²) in [6.07, 6.45) is 0. The van der Waals surface area contributed by atoms with Crippen molar-refractivity contribution in [2.75, 3.05) is 0 Å². The van der Waals surface area contributed by atoms with Crippen LogP contribution in [0.5, 0.6) is 0 Å². The Bertz CT molecular complexity index is 3110. The van der Waals surface area contributed by atoms with Gasteiger partial charge in [-0.25, -0.2) is 9.97 Å². The molecule has 0 amide bonds. The third-order valence-corrected chi connectivity index (χ3v) is 10.00. The Balaban J connectivity index is 1.25. The number of pyridine rings is 1. The van der Waals surface area contributed by atoms with Crippen LogP contribution in [0, 0.1) is 0 Å². The van der Waals surface area contributed by atoms with Gasteiger partial charge in [0.2, 0.25) is 0 Å². The van der Waals surface area contributed by atoms with Gasteiger partial charge in [-0.1, -0.05) is 103 Å². The monoisotopic (exact) mass is 625 g/mol. The van der Waals surface area contributed by atoms with E-state index in [-0.39, 0.29) is 0 Å². The smallest absolute Gasteiger partial charge is 0.146 e. The largest absolute Gasteiger partial charge is 0.307 e. The number of benzene rings is 7. The highest BCUT2D eigenvalue weighted by molar-refractivity contribution is 6.20. The van der Waals surface area contributed by atoms with Gasteiger partial charge in [0.1, 0.15) is 17.0 Å². The third kappa shape index (κ3) is 3.64. The fourth-order valence-corrected chi connectivity index (χ4v) is 7.93. The van der Waals surface area contributed by atoms with Crippen molar-refractivity contribution in [2.45, 2.75) is 0 Å². The number of rotatable bonds is 3. The average molecular weight is 626 g/mol. The number of aromatic nitrogens is 5. The van der Waals surface area contributed by atoms with Crippen LogP contribution in [0.25, 0.3) is 94.0 Å². The van der Waals surface area contributed by atoms with Gasteiger partial charge in [-0.2, -0.15) is 0 Å². The highest BCUT2D eigenvalue weighted by Gasteiger charge is 2.21. The van der Waals surface area contributed by atoms with Crippen molar-refractivity contribution in [3.63, 3.8) is 0 Å². The van der Waals surface area contributed by atoms with Crippen LogP contribution < -0.4 is 0 Å². The third-order valence-electron chi connectivity index (χ3n) is 10.00. The van der Waals surface area contributed by atoms with Crippen LogP contribution >= 0.6 is 0 Å². The summed E-state index contributed by atoms with van der Waals surface area (Å²) in [6, 6.07) is 58.1. The van der Waals surface area contributed by atoms with E-state index in [0.29, 0.717) is 0 Å². The number of fused-ring (bicyclic) bond motifs is 13. The molecule has 0 unspecified atom stereocenters. The van der Waals surface area contributed by atoms with E-state index in [0.717, 1.165) is 72.4 Å². The normalized spacial score (nSPS) is 12.1. The number of hydrogen-bond donors (Lipinski definition) is 0. The second-order valence-electron chi connectivity index (χ2n) is 12.7. The first-order valence-corrected chi connectivity index (χ1v) is 16.6. The van der Waals surface area contributed by atoms with E-state index in [1.807, 2.05) is 0 Å². The van der Waals surface area contributed by atoms with Crippen LogP contribution in [0.2, 0.25) is 0 Å². The SMILES string of the molecule is c1ccc(-n2c(-c3cccc(-n4c5ccccc5c5ccc6c(nc7c8ccccc8c8ccccc8n67)c54)c3)nc3ccccc32)cc1. The zero-order valence-electron chi connectivity index (χ0n) is 26.3. The molecule has 0 saturated carbocycles. The zero-order valence-corrected chi connectivity index (χ0v) is 26.3. The minimum Gasteiger partial charge on any atom is -0.307 e. The fourth-order valence-electron chi connectivity index (χ4n) is 7.93. The molecule has 0 aliphatic rings. The molecule has 4 aromatic heterocycles. The molecule has 5 heteroatoms. The standard InChI is InChI=1S/C44H27N5/c1-2-14-29(15-3-1)48-39-24-11-8-21-36(39)45-43(48)28-13-12-16-30(27-28)47-37-22-9-7-19-33(37)34-25-26-40-41(42(34)47)46-44-35-20-5-4-17-31(35)32-18-6-10-23-38(32)49(40)44/h1-27H. The van der Waals surface area contributed by atoms with Gasteiger partial charge < -0.3 is 4.57 Å². The lowest BCUT2D eigenvalue weighted by Gasteiger charge is -2.12. The average Bonchev–Trinajstić information content (AvgIpc) is 3.86. The van der Waals surface area contributed by atoms with Crippen LogP contribution in [0.15, 0.2) is 164 Å². The van der Waals surface area contributed by atoms with Gasteiger partial charge in [0.05, 0.1) is 33.1 Å². The summed E-state index contributed by atoms with van der Waals surface area (Å²) in [4.78, 5) is 10.7. The van der Waals surface area contributed by atoms with Crippen molar-refractivity contribution >= 4 is 71.2 Å². The Morgan fingerprint density at radius 3 is 1.88 bits per heavy atom. The second kappa shape index (κ2) is 9.89. The quantitative estimate of drug-likeness (QED) is 0.183. The summed E-state index contributed by atoms with van der Waals surface area (Å²) in [7, 11) is 0. The van der Waals surface area contributed by atoms with E-state index in [9.17, 15) is 0 Å². The number of para-hydroxylation sites is 5. The van der Waals surface area contributed by atoms with Crippen molar-refractivity contribution in [3.8, 4) is 22.8 Å². The van der Waals surface area contributed by atoms with Crippen LogP contribution in [0.4, 0.5) is 0 Å². The van der Waals surface area contributed by atoms with E-state index in [4.69, 9.17) is 9.97 Å². The van der Waals surface area contributed by atoms with Gasteiger partial charge in [0, 0.05) is 38.5 Å². The Kier molecular flexibility index (Phi) is 5.32. The van der Waals surface area contributed by atoms with Crippen LogP contribution in [-0.2, 0) is 0 Å². The van der Waals surface area contributed by atoms with E-state index in [2.05, 4.69) is 177 Å². The van der Waals surface area contributed by atoms with E-state index in [1.165, 1.54) is 21.5 Å². The maximum absolute atomic E-state index is 5.49. The van der Waals surface area contributed by atoms with Crippen molar-refractivity contribution < 1.29 is 0 Å². The molecule has 0 aliphatic carbocycles. The molecule has 4 heterocycles. The van der Waals surface area contributed by atoms with Gasteiger partial charge in [0.15, 0.2) is 0 Å². The van der Waals surface area contributed by atoms with Gasteiger partial charge >= 0.3 is 0 Å². The van der Waals surface area contributed by atoms with Gasteiger partial charge in [-0.15, -0.1) is 0 Å². The molecule has 0 spiro atoms. The molecule has 228 valence electrons. The summed E-state index contributed by atoms with van der Waals surface area (Å²) < 4.78 is 6.99. The minimum atomic E-state index is 0.908. The molecule has 0 radical (unpaired) electrons. The molecule has 0 aliphatic heterocycles. The molecule has 0 fully saturated rings. The van der Waals surface area contributed by atoms with Crippen molar-refractivity contribution in [3.05, 3.63) is 164 Å². The number of imidazole rings is 2. The Morgan fingerprint density at radius 1 is 0.388 bits per heavy atom. The molecular weight excluding hydrogens is 599 g/mol. The lowest BCUT2D eigenvalue weighted by molar-refractivity contribution is 1.10. The Hall–Kier alpha value is -6.72. The van der Waals surface area contributed by atoms with Crippen molar-refractivity contribution in [1.29, 1.82) is 0 Å². The highest BCUT2D eigenvalue weighted by Crippen LogP contribution is 2.40. The number of nitrogens with zero attached hydrogens (tertiary/aromatic N) is 5. The summed E-state index contributed by atoms with van der Waals surface area (Å²) in [6.45, 7) is 0. The Morgan fingerprint density at radius 2 is 1.04 bits per heavy atom. The lowest BCUT2D eigenvalue weighted by atomic mass is 10.1. The van der Waals surface area contributed by atoms with Crippen molar-refractivity contribution in [1.82, 2.24) is 23.5 Å². The second-order valence-corrected chi connectivity index (χ2v) is 12.7. The van der Waals surface area contributed by atoms with Crippen LogP contribution in [0.1, 0.15) is 0 Å². The molecule has 7 aromatic carbocycles. The molecular formula is C44H27N5. The maximum Gasteiger partial charge on any atom is 0.146 e. The lowest BCUT2D eigenvalue weighted by Crippen LogP contribution is -1.99. The molecule has 49 heavy (non-hydrogen) atoms. The predicted molar refractivity (Wildman–Crippen MR) is 202 cm³/mol. The zero-order chi connectivity index (χ0) is 32.1. The molecule has 11 aromatic rings. The maximum atomic E-state index is 5.49. The summed E-state index contributed by atoms with van der Waals surface area (Å²) >= 11 is 0. The summed E-state index contributed by atoms with van der Waals surface area (Å²) in [5.74, 6) is 0.908. The minimum absolute atomic E-state index is 0.908. The topological polar surface area (TPSA) is 40.0 Å². The molecule has 0 atom stereocenters. The van der Waals surface area contributed by atoms with E-state index in [1.54, 1.807) is 0 Å². The molecule has 11 rings (SSSR count). The van der Waals surface area contributed by atoms with Crippen LogP contribution in [0.3, 0.4) is 0 Å². The molecule has 0 saturated heterocycles. The predicted octanol–water partition coefficient (Wildman–Crippen LogP) is 10.9. The van der Waals surface area contributed by atoms with E-state index >= 15 is 0 Å². The molecule has 5 nitrogen and oxygen atoms in total. The van der Waals surface area contributed by atoms with Crippen LogP contribution in [-0.4, -0.2) is 23.5 Å². The fraction of sp³-hybridized carbons (Fsp3) is 0. The highest BCUT2D eigenvalue weighted by atomic mass is 15.1. The first kappa shape index (κ1) is 26.4. The summed E-state index contributed by atoms with van der Waals surface area (Å²) in [5.41, 5.74) is 11.7. The molecule has 0 bridgehead atoms. The first-order chi connectivity index (χ1) is 24.3. The first-order valence-electron chi connectivity index (χ1n) is 16.6. The van der Waals surface area contributed by atoms with Gasteiger partial charge in [-0.05, 0) is 66.0 Å². The van der Waals surface area contributed by atoms with E-state index < -0.39 is 0 Å². The summed E-state index contributed by atoms with van der Waals surface area (Å²) in [5, 5.41) is 5.97. The Labute approximate surface area is 280 Å². The van der Waals surface area contributed by atoms with Gasteiger partial charge in [0.25, 0.3) is 0 Å². The van der Waals surface area contributed by atoms with Crippen molar-refractivity contribution in [2.24, 2.45) is 0 Å². The molecule has 0 N–H and O–H groups in total. The van der Waals surface area contributed by atoms with Gasteiger partial charge in [-0.3, -0.25) is 8.97 Å².